The first-order valence-corrected chi connectivity index (χ1v) is 10.3. The fourth-order valence-electron chi connectivity index (χ4n) is 3.07. The van der Waals surface area contributed by atoms with Crippen LogP contribution in [-0.2, 0) is 9.53 Å². The molecule has 1 heterocycles. The highest BCUT2D eigenvalue weighted by molar-refractivity contribution is 6.30. The van der Waals surface area contributed by atoms with Crippen molar-refractivity contribution >= 4 is 29.5 Å². The zero-order valence-corrected chi connectivity index (χ0v) is 18.0. The van der Waals surface area contributed by atoms with Crippen LogP contribution in [0.2, 0.25) is 5.02 Å². The smallest absolute Gasteiger partial charge is 0.363 e. The Kier molecular flexibility index (Phi) is 6.72. The van der Waals surface area contributed by atoms with Crippen LogP contribution in [0.4, 0.5) is 0 Å². The first-order valence-electron chi connectivity index (χ1n) is 9.90. The predicted molar refractivity (Wildman–Crippen MR) is 122 cm³/mol. The van der Waals surface area contributed by atoms with E-state index in [2.05, 4.69) is 4.99 Å². The van der Waals surface area contributed by atoms with Crippen molar-refractivity contribution in [1.82, 2.24) is 0 Å². The van der Waals surface area contributed by atoms with Crippen molar-refractivity contribution in [1.29, 1.82) is 0 Å². The van der Waals surface area contributed by atoms with Gasteiger partial charge in [0.05, 0.1) is 7.11 Å². The molecule has 0 radical (unpaired) electrons. The molecule has 1 aliphatic heterocycles. The third-order valence-corrected chi connectivity index (χ3v) is 4.81. The second-order valence-electron chi connectivity index (χ2n) is 6.73. The van der Waals surface area contributed by atoms with E-state index in [0.29, 0.717) is 34.4 Å². The van der Waals surface area contributed by atoms with Crippen molar-refractivity contribution in [3.8, 4) is 17.2 Å². The lowest BCUT2D eigenvalue weighted by atomic mass is 10.1. The quantitative estimate of drug-likeness (QED) is 0.270. The number of methoxy groups -OCH3 is 1. The number of cyclic esters (lactones) is 1. The number of carbonyl (C=O) groups is 1. The maximum absolute atomic E-state index is 12.3. The van der Waals surface area contributed by atoms with Gasteiger partial charge in [0.25, 0.3) is 0 Å². The lowest BCUT2D eigenvalue weighted by Gasteiger charge is -2.12. The average molecular weight is 450 g/mol. The van der Waals surface area contributed by atoms with Crippen LogP contribution >= 0.6 is 11.6 Å². The van der Waals surface area contributed by atoms with Gasteiger partial charge in [-0.05, 0) is 48.5 Å². The minimum absolute atomic E-state index is 0.168. The maximum atomic E-state index is 12.3. The molecule has 3 aromatic carbocycles. The summed E-state index contributed by atoms with van der Waals surface area (Å²) in [6.45, 7) is 0.580. The Morgan fingerprint density at radius 1 is 0.906 bits per heavy atom. The lowest BCUT2D eigenvalue weighted by Crippen LogP contribution is -2.10. The molecular formula is C25H20ClNO5. The summed E-state index contributed by atoms with van der Waals surface area (Å²) in [5, 5.41) is 0.507. The molecule has 7 heteroatoms. The van der Waals surface area contributed by atoms with Crippen molar-refractivity contribution in [3.63, 3.8) is 0 Å². The number of nitrogens with zero attached hydrogens (tertiary/aromatic N) is 1. The van der Waals surface area contributed by atoms with E-state index in [-0.39, 0.29) is 18.2 Å². The number of ether oxygens (including phenoxy) is 4. The van der Waals surface area contributed by atoms with Gasteiger partial charge in [-0.2, -0.15) is 0 Å². The van der Waals surface area contributed by atoms with E-state index < -0.39 is 5.97 Å². The van der Waals surface area contributed by atoms with Crippen molar-refractivity contribution < 1.29 is 23.7 Å². The van der Waals surface area contributed by atoms with Crippen molar-refractivity contribution in [2.75, 3.05) is 20.3 Å². The molecule has 0 unspecified atom stereocenters. The molecule has 4 rings (SSSR count). The number of aliphatic imine (C=N–C) groups is 1. The molecule has 6 nitrogen and oxygen atoms in total. The van der Waals surface area contributed by atoms with Crippen LogP contribution in [0.5, 0.6) is 17.2 Å². The van der Waals surface area contributed by atoms with Crippen molar-refractivity contribution in [2.24, 2.45) is 4.99 Å². The summed E-state index contributed by atoms with van der Waals surface area (Å²) >= 11 is 6.16. The zero-order chi connectivity index (χ0) is 22.3. The SMILES string of the molecule is COc1ccccc1OCCOc1ccc(Cl)cc1/C=C1\N=C(c2ccccc2)OC1=O. The van der Waals surface area contributed by atoms with E-state index in [1.54, 1.807) is 31.4 Å². The molecule has 0 aromatic heterocycles. The summed E-state index contributed by atoms with van der Waals surface area (Å²) in [6, 6.07) is 21.8. The summed E-state index contributed by atoms with van der Waals surface area (Å²) in [5.74, 6) is 1.55. The van der Waals surface area contributed by atoms with Crippen molar-refractivity contribution in [2.45, 2.75) is 0 Å². The minimum Gasteiger partial charge on any atom is -0.493 e. The third kappa shape index (κ3) is 5.10. The first-order chi connectivity index (χ1) is 15.6. The van der Waals surface area contributed by atoms with E-state index >= 15 is 0 Å². The molecule has 0 saturated carbocycles. The molecule has 0 fully saturated rings. The van der Waals surface area contributed by atoms with Gasteiger partial charge in [-0.25, -0.2) is 9.79 Å². The number of benzene rings is 3. The van der Waals surface area contributed by atoms with E-state index in [1.165, 1.54) is 0 Å². The van der Waals surface area contributed by atoms with Gasteiger partial charge < -0.3 is 18.9 Å². The number of hydrogen-bond donors (Lipinski definition) is 0. The Hall–Kier alpha value is -3.77. The summed E-state index contributed by atoms with van der Waals surface area (Å²) < 4.78 is 22.2. The molecule has 32 heavy (non-hydrogen) atoms. The number of para-hydroxylation sites is 2. The van der Waals surface area contributed by atoms with Gasteiger partial charge in [-0.1, -0.05) is 41.9 Å². The molecule has 162 valence electrons. The predicted octanol–water partition coefficient (Wildman–Crippen LogP) is 5.15. The van der Waals surface area contributed by atoms with E-state index in [9.17, 15) is 4.79 Å². The molecule has 0 bridgehead atoms. The monoisotopic (exact) mass is 449 g/mol. The van der Waals surface area contributed by atoms with Crippen LogP contribution in [0.15, 0.2) is 83.5 Å². The molecule has 0 amide bonds. The van der Waals surface area contributed by atoms with Crippen LogP contribution in [0, 0.1) is 0 Å². The van der Waals surface area contributed by atoms with E-state index in [4.69, 9.17) is 30.5 Å². The van der Waals surface area contributed by atoms with Crippen LogP contribution in [0.3, 0.4) is 0 Å². The molecule has 0 N–H and O–H groups in total. The fourth-order valence-corrected chi connectivity index (χ4v) is 3.25. The number of rotatable bonds is 8. The summed E-state index contributed by atoms with van der Waals surface area (Å²) in [7, 11) is 1.59. The summed E-state index contributed by atoms with van der Waals surface area (Å²) in [5.41, 5.74) is 1.50. The van der Waals surface area contributed by atoms with E-state index in [1.807, 2.05) is 54.6 Å². The van der Waals surface area contributed by atoms with Crippen LogP contribution in [0.25, 0.3) is 6.08 Å². The fraction of sp³-hybridized carbons (Fsp3) is 0.120. The Morgan fingerprint density at radius 2 is 1.59 bits per heavy atom. The van der Waals surface area contributed by atoms with Crippen LogP contribution in [0.1, 0.15) is 11.1 Å². The van der Waals surface area contributed by atoms with Gasteiger partial charge in [-0.15, -0.1) is 0 Å². The van der Waals surface area contributed by atoms with Gasteiger partial charge in [0.1, 0.15) is 19.0 Å². The van der Waals surface area contributed by atoms with Gasteiger partial charge >= 0.3 is 5.97 Å². The minimum atomic E-state index is -0.533. The van der Waals surface area contributed by atoms with Gasteiger partial charge in [0.15, 0.2) is 17.2 Å². The van der Waals surface area contributed by atoms with Crippen LogP contribution in [-0.4, -0.2) is 32.2 Å². The number of halogens is 1. The normalized spacial score (nSPS) is 14.1. The Balaban J connectivity index is 1.47. The van der Waals surface area contributed by atoms with E-state index in [0.717, 1.165) is 5.56 Å². The Morgan fingerprint density at radius 3 is 2.34 bits per heavy atom. The third-order valence-electron chi connectivity index (χ3n) is 4.57. The number of carbonyl (C=O) groups excluding carboxylic acids is 1. The van der Waals surface area contributed by atoms with Crippen LogP contribution < -0.4 is 14.2 Å². The average Bonchev–Trinajstić information content (AvgIpc) is 3.19. The van der Waals surface area contributed by atoms with Crippen molar-refractivity contribution in [3.05, 3.63) is 94.6 Å². The molecule has 0 saturated heterocycles. The molecule has 3 aromatic rings. The standard InChI is InChI=1S/C25H20ClNO5/c1-29-22-9-5-6-10-23(22)31-14-13-30-21-12-11-19(26)15-18(21)16-20-25(28)32-24(27-20)17-7-3-2-4-8-17/h2-12,15-16H,13-14H2,1H3/b20-16-. The highest BCUT2D eigenvalue weighted by Gasteiger charge is 2.24. The lowest BCUT2D eigenvalue weighted by molar-refractivity contribution is -0.129. The second-order valence-corrected chi connectivity index (χ2v) is 7.17. The molecule has 1 aliphatic rings. The molecule has 0 aliphatic carbocycles. The number of esters is 1. The number of hydrogen-bond acceptors (Lipinski definition) is 6. The van der Waals surface area contributed by atoms with Gasteiger partial charge in [0, 0.05) is 16.1 Å². The van der Waals surface area contributed by atoms with Gasteiger partial charge in [-0.3, -0.25) is 0 Å². The maximum Gasteiger partial charge on any atom is 0.363 e. The largest absolute Gasteiger partial charge is 0.493 e. The highest BCUT2D eigenvalue weighted by atomic mass is 35.5. The Labute approximate surface area is 190 Å². The van der Waals surface area contributed by atoms with Gasteiger partial charge in [0.2, 0.25) is 5.90 Å². The first kappa shape index (κ1) is 21.5. The summed E-state index contributed by atoms with van der Waals surface area (Å²) in [4.78, 5) is 16.7. The Bertz CT molecular complexity index is 1170. The summed E-state index contributed by atoms with van der Waals surface area (Å²) in [6.07, 6.45) is 1.60. The second kappa shape index (κ2) is 10.0. The molecule has 0 spiro atoms. The highest BCUT2D eigenvalue weighted by Crippen LogP contribution is 2.28. The topological polar surface area (TPSA) is 66.3 Å². The molecular weight excluding hydrogens is 430 g/mol. The zero-order valence-electron chi connectivity index (χ0n) is 17.3. The molecule has 0 atom stereocenters.